The van der Waals surface area contributed by atoms with Crippen LogP contribution in [0.3, 0.4) is 0 Å². The third-order valence-corrected chi connectivity index (χ3v) is 5.78. The lowest BCUT2D eigenvalue weighted by atomic mass is 10.1. The number of nitrogens with one attached hydrogen (secondary N) is 2. The SMILES string of the molecule is CCN(CC)CCNC(=O)c1ccccc1NS(=O)(=O)c1ccc(Cl)cc1.Cl. The van der Waals surface area contributed by atoms with Gasteiger partial charge in [-0.25, -0.2) is 8.42 Å². The Labute approximate surface area is 177 Å². The molecule has 6 nitrogen and oxygen atoms in total. The molecule has 0 spiro atoms. The number of rotatable bonds is 9. The first-order valence-electron chi connectivity index (χ1n) is 8.75. The molecule has 0 unspecified atom stereocenters. The molecule has 0 fully saturated rings. The Morgan fingerprint density at radius 2 is 1.64 bits per heavy atom. The maximum atomic E-state index is 12.6. The van der Waals surface area contributed by atoms with E-state index in [4.69, 9.17) is 11.6 Å². The van der Waals surface area contributed by atoms with Crippen LogP contribution in [0.15, 0.2) is 53.4 Å². The van der Waals surface area contributed by atoms with Crippen molar-refractivity contribution in [2.24, 2.45) is 0 Å². The molecular formula is C19H25Cl2N3O3S. The normalized spacial score (nSPS) is 11.0. The van der Waals surface area contributed by atoms with E-state index in [0.717, 1.165) is 19.6 Å². The quantitative estimate of drug-likeness (QED) is 0.617. The molecule has 2 N–H and O–H groups in total. The minimum Gasteiger partial charge on any atom is -0.351 e. The Hall–Kier alpha value is -1.80. The number of halogens is 2. The van der Waals surface area contributed by atoms with Gasteiger partial charge < -0.3 is 10.2 Å². The van der Waals surface area contributed by atoms with Crippen molar-refractivity contribution in [1.29, 1.82) is 0 Å². The lowest BCUT2D eigenvalue weighted by molar-refractivity contribution is 0.0950. The number of anilines is 1. The van der Waals surface area contributed by atoms with Crippen molar-refractivity contribution in [2.75, 3.05) is 30.9 Å². The van der Waals surface area contributed by atoms with Crippen LogP contribution < -0.4 is 10.0 Å². The number of carbonyl (C=O) groups is 1. The van der Waals surface area contributed by atoms with Crippen LogP contribution in [-0.4, -0.2) is 45.4 Å². The second-order valence-electron chi connectivity index (χ2n) is 5.89. The average molecular weight is 446 g/mol. The standard InChI is InChI=1S/C19H24ClN3O3S.ClH/c1-3-23(4-2)14-13-21-19(24)17-7-5-6-8-18(17)22-27(25,26)16-11-9-15(20)10-12-16;/h5-12,22H,3-4,13-14H2,1-2H3,(H,21,24);1H. The van der Waals surface area contributed by atoms with Crippen LogP contribution in [0.2, 0.25) is 5.02 Å². The first-order valence-corrected chi connectivity index (χ1v) is 10.6. The predicted molar refractivity (Wildman–Crippen MR) is 116 cm³/mol. The Balaban J connectivity index is 0.00000392. The van der Waals surface area contributed by atoms with E-state index in [9.17, 15) is 13.2 Å². The average Bonchev–Trinajstić information content (AvgIpc) is 2.65. The first kappa shape index (κ1) is 24.2. The van der Waals surface area contributed by atoms with Gasteiger partial charge in [-0.2, -0.15) is 0 Å². The molecule has 0 radical (unpaired) electrons. The summed E-state index contributed by atoms with van der Waals surface area (Å²) < 4.78 is 27.6. The molecule has 0 bridgehead atoms. The summed E-state index contributed by atoms with van der Waals surface area (Å²) >= 11 is 5.81. The van der Waals surface area contributed by atoms with E-state index < -0.39 is 10.0 Å². The fourth-order valence-corrected chi connectivity index (χ4v) is 3.76. The number of nitrogens with zero attached hydrogens (tertiary/aromatic N) is 1. The van der Waals surface area contributed by atoms with Gasteiger partial charge in [0.25, 0.3) is 15.9 Å². The van der Waals surface area contributed by atoms with E-state index in [1.54, 1.807) is 24.3 Å². The minimum absolute atomic E-state index is 0. The Bertz CT molecular complexity index is 870. The number of hydrogen-bond donors (Lipinski definition) is 2. The zero-order chi connectivity index (χ0) is 19.9. The number of likely N-dealkylation sites (N-methyl/N-ethyl adjacent to an activating group) is 1. The van der Waals surface area contributed by atoms with Crippen LogP contribution in [0.25, 0.3) is 0 Å². The van der Waals surface area contributed by atoms with Gasteiger partial charge in [0.2, 0.25) is 0 Å². The van der Waals surface area contributed by atoms with Gasteiger partial charge in [0.15, 0.2) is 0 Å². The summed E-state index contributed by atoms with van der Waals surface area (Å²) in [5.41, 5.74) is 0.502. The number of amides is 1. The van der Waals surface area contributed by atoms with Crippen molar-refractivity contribution in [3.05, 3.63) is 59.1 Å². The van der Waals surface area contributed by atoms with Crippen LogP contribution in [0.1, 0.15) is 24.2 Å². The van der Waals surface area contributed by atoms with Gasteiger partial charge >= 0.3 is 0 Å². The van der Waals surface area contributed by atoms with Gasteiger partial charge in [-0.05, 0) is 49.5 Å². The summed E-state index contributed by atoms with van der Waals surface area (Å²) in [6.45, 7) is 7.15. The molecule has 0 saturated carbocycles. The number of carbonyl (C=O) groups excluding carboxylic acids is 1. The predicted octanol–water partition coefficient (Wildman–Crippen LogP) is 3.63. The van der Waals surface area contributed by atoms with Crippen molar-refractivity contribution in [3.63, 3.8) is 0 Å². The number of para-hydroxylation sites is 1. The Morgan fingerprint density at radius 3 is 2.25 bits per heavy atom. The maximum absolute atomic E-state index is 12.6. The molecule has 0 aliphatic carbocycles. The summed E-state index contributed by atoms with van der Waals surface area (Å²) in [4.78, 5) is 14.8. The van der Waals surface area contributed by atoms with E-state index in [-0.39, 0.29) is 34.5 Å². The fraction of sp³-hybridized carbons (Fsp3) is 0.316. The van der Waals surface area contributed by atoms with Crippen molar-refractivity contribution in [3.8, 4) is 0 Å². The lowest BCUT2D eigenvalue weighted by Crippen LogP contribution is -2.35. The van der Waals surface area contributed by atoms with Crippen molar-refractivity contribution >= 4 is 45.6 Å². The lowest BCUT2D eigenvalue weighted by Gasteiger charge is -2.18. The number of sulfonamides is 1. The molecule has 0 heterocycles. The topological polar surface area (TPSA) is 78.5 Å². The second-order valence-corrected chi connectivity index (χ2v) is 8.01. The molecule has 2 aromatic rings. The van der Waals surface area contributed by atoms with Gasteiger partial charge in [-0.3, -0.25) is 9.52 Å². The highest BCUT2D eigenvalue weighted by atomic mass is 35.5. The smallest absolute Gasteiger partial charge is 0.261 e. The molecule has 0 aliphatic rings. The highest BCUT2D eigenvalue weighted by Gasteiger charge is 2.18. The Kier molecular flexibility index (Phi) is 9.75. The minimum atomic E-state index is -3.82. The van der Waals surface area contributed by atoms with Gasteiger partial charge in [0.1, 0.15) is 0 Å². The Morgan fingerprint density at radius 1 is 1.04 bits per heavy atom. The van der Waals surface area contributed by atoms with E-state index in [0.29, 0.717) is 11.6 Å². The van der Waals surface area contributed by atoms with Gasteiger partial charge in [-0.1, -0.05) is 37.6 Å². The van der Waals surface area contributed by atoms with Gasteiger partial charge in [-0.15, -0.1) is 12.4 Å². The van der Waals surface area contributed by atoms with Crippen LogP contribution in [0, 0.1) is 0 Å². The zero-order valence-corrected chi connectivity index (χ0v) is 18.2. The summed E-state index contributed by atoms with van der Waals surface area (Å²) in [5.74, 6) is -0.323. The monoisotopic (exact) mass is 445 g/mol. The number of benzene rings is 2. The van der Waals surface area contributed by atoms with Crippen LogP contribution in [0.4, 0.5) is 5.69 Å². The van der Waals surface area contributed by atoms with Crippen LogP contribution in [0.5, 0.6) is 0 Å². The molecule has 9 heteroatoms. The summed E-state index contributed by atoms with van der Waals surface area (Å²) in [7, 11) is -3.82. The van der Waals surface area contributed by atoms with E-state index >= 15 is 0 Å². The van der Waals surface area contributed by atoms with Crippen molar-refractivity contribution in [1.82, 2.24) is 10.2 Å². The second kappa shape index (κ2) is 11.3. The maximum Gasteiger partial charge on any atom is 0.261 e. The van der Waals surface area contributed by atoms with E-state index in [2.05, 4.69) is 28.8 Å². The molecule has 2 rings (SSSR count). The van der Waals surface area contributed by atoms with Gasteiger partial charge in [0, 0.05) is 18.1 Å². The summed E-state index contributed by atoms with van der Waals surface area (Å²) in [6, 6.07) is 12.4. The van der Waals surface area contributed by atoms with Crippen LogP contribution in [-0.2, 0) is 10.0 Å². The van der Waals surface area contributed by atoms with Crippen molar-refractivity contribution < 1.29 is 13.2 Å². The molecule has 0 aromatic heterocycles. The zero-order valence-electron chi connectivity index (χ0n) is 15.8. The van der Waals surface area contributed by atoms with Crippen LogP contribution >= 0.6 is 24.0 Å². The molecule has 154 valence electrons. The molecule has 0 aliphatic heterocycles. The van der Waals surface area contributed by atoms with E-state index in [1.807, 2.05) is 0 Å². The number of hydrogen-bond acceptors (Lipinski definition) is 4. The van der Waals surface area contributed by atoms with E-state index in [1.165, 1.54) is 24.3 Å². The third-order valence-electron chi connectivity index (χ3n) is 4.15. The molecule has 0 atom stereocenters. The molecule has 2 aromatic carbocycles. The van der Waals surface area contributed by atoms with Crippen molar-refractivity contribution in [2.45, 2.75) is 18.7 Å². The molecule has 28 heavy (non-hydrogen) atoms. The molecular weight excluding hydrogens is 421 g/mol. The first-order chi connectivity index (χ1) is 12.9. The van der Waals surface area contributed by atoms with Gasteiger partial charge in [0.05, 0.1) is 16.1 Å². The molecule has 1 amide bonds. The summed E-state index contributed by atoms with van der Waals surface area (Å²) in [5, 5.41) is 3.28. The molecule has 0 saturated heterocycles. The fourth-order valence-electron chi connectivity index (χ4n) is 2.55. The highest BCUT2D eigenvalue weighted by molar-refractivity contribution is 7.92. The highest BCUT2D eigenvalue weighted by Crippen LogP contribution is 2.21. The third kappa shape index (κ3) is 6.67. The largest absolute Gasteiger partial charge is 0.351 e. The summed E-state index contributed by atoms with van der Waals surface area (Å²) in [6.07, 6.45) is 0.